The first-order valence-corrected chi connectivity index (χ1v) is 3.39. The Hall–Kier alpha value is -1.27. The molecule has 0 aliphatic heterocycles. The van der Waals surface area contributed by atoms with Gasteiger partial charge in [0.1, 0.15) is 6.04 Å². The van der Waals surface area contributed by atoms with Gasteiger partial charge in [0, 0.05) is 0 Å². The number of carbonyl (C=O) groups is 2. The van der Waals surface area contributed by atoms with E-state index in [0.29, 0.717) is 0 Å². The molecule has 0 rings (SSSR count). The zero-order valence-corrected chi connectivity index (χ0v) is 6.68. The smallest absolute Gasteiger partial charge is 0.471 e. The molecular weight excluding hydrogens is 191 g/mol. The number of halogens is 3. The molecule has 0 saturated carbocycles. The van der Waals surface area contributed by atoms with Crippen molar-refractivity contribution in [1.82, 2.24) is 5.32 Å². The van der Waals surface area contributed by atoms with E-state index in [1.165, 1.54) is 12.2 Å². The molecule has 0 spiro atoms. The number of carboxylic acids is 1. The van der Waals surface area contributed by atoms with E-state index in [4.69, 9.17) is 5.11 Å². The molecule has 7 heteroatoms. The van der Waals surface area contributed by atoms with E-state index in [1.807, 2.05) is 0 Å². The van der Waals surface area contributed by atoms with Crippen LogP contribution in [0.15, 0.2) is 0 Å². The summed E-state index contributed by atoms with van der Waals surface area (Å²) in [6.45, 7) is 1.36. The van der Waals surface area contributed by atoms with E-state index in [2.05, 4.69) is 0 Å². The molecule has 76 valence electrons. The monoisotopic (exact) mass is 199 g/mol. The van der Waals surface area contributed by atoms with E-state index in [1.54, 1.807) is 0 Å². The van der Waals surface area contributed by atoms with Crippen LogP contribution in [0.1, 0.15) is 13.3 Å². The molecule has 1 amide bonds. The molecule has 1 unspecified atom stereocenters. The van der Waals surface area contributed by atoms with Gasteiger partial charge in [-0.2, -0.15) is 13.2 Å². The van der Waals surface area contributed by atoms with Crippen molar-refractivity contribution in [2.75, 3.05) is 0 Å². The molecular formula is C6H8F3NO3. The Kier molecular flexibility index (Phi) is 3.70. The van der Waals surface area contributed by atoms with Gasteiger partial charge in [-0.15, -0.1) is 0 Å². The second-order valence-corrected chi connectivity index (χ2v) is 2.27. The first-order chi connectivity index (χ1) is 5.79. The van der Waals surface area contributed by atoms with Gasteiger partial charge in [0.15, 0.2) is 0 Å². The Morgan fingerprint density at radius 1 is 1.46 bits per heavy atom. The summed E-state index contributed by atoms with van der Waals surface area (Å²) < 4.78 is 34.8. The lowest BCUT2D eigenvalue weighted by Crippen LogP contribution is -2.46. The Bertz CT molecular complexity index is 214. The fourth-order valence-electron chi connectivity index (χ4n) is 0.578. The van der Waals surface area contributed by atoms with Crippen molar-refractivity contribution in [2.24, 2.45) is 0 Å². The molecule has 4 nitrogen and oxygen atoms in total. The van der Waals surface area contributed by atoms with Crippen LogP contribution >= 0.6 is 0 Å². The Morgan fingerprint density at radius 3 is 2.15 bits per heavy atom. The molecule has 0 bridgehead atoms. The third kappa shape index (κ3) is 3.77. The summed E-state index contributed by atoms with van der Waals surface area (Å²) in [5.41, 5.74) is 0. The number of carboxylic acid groups (broad SMARTS) is 1. The largest absolute Gasteiger partial charge is 0.480 e. The van der Waals surface area contributed by atoms with E-state index in [-0.39, 0.29) is 6.42 Å². The van der Waals surface area contributed by atoms with Crippen molar-refractivity contribution in [1.29, 1.82) is 0 Å². The highest BCUT2D eigenvalue weighted by molar-refractivity contribution is 5.86. The summed E-state index contributed by atoms with van der Waals surface area (Å²) in [5.74, 6) is -3.72. The highest BCUT2D eigenvalue weighted by atomic mass is 19.4. The summed E-state index contributed by atoms with van der Waals surface area (Å²) in [6, 6.07) is -1.49. The van der Waals surface area contributed by atoms with Crippen LogP contribution in [0.25, 0.3) is 0 Å². The SMILES string of the molecule is CCC(NC(=O)C(F)(F)F)C(=O)O. The number of hydrogen-bond donors (Lipinski definition) is 2. The molecule has 0 heterocycles. The average Bonchev–Trinajstić information content (AvgIpc) is 1.96. The van der Waals surface area contributed by atoms with Crippen molar-refractivity contribution in [3.05, 3.63) is 0 Å². The third-order valence-electron chi connectivity index (χ3n) is 1.27. The lowest BCUT2D eigenvalue weighted by molar-refractivity contribution is -0.175. The third-order valence-corrected chi connectivity index (χ3v) is 1.27. The van der Waals surface area contributed by atoms with Gasteiger partial charge in [0.2, 0.25) is 0 Å². The fourth-order valence-corrected chi connectivity index (χ4v) is 0.578. The second-order valence-electron chi connectivity index (χ2n) is 2.27. The molecule has 0 aromatic heterocycles. The minimum Gasteiger partial charge on any atom is -0.480 e. The van der Waals surface area contributed by atoms with E-state index in [0.717, 1.165) is 0 Å². The number of carbonyl (C=O) groups excluding carboxylic acids is 1. The summed E-state index contributed by atoms with van der Waals surface area (Å²) in [4.78, 5) is 20.4. The van der Waals surface area contributed by atoms with Gasteiger partial charge < -0.3 is 10.4 Å². The quantitative estimate of drug-likeness (QED) is 0.696. The predicted molar refractivity (Wildman–Crippen MR) is 35.9 cm³/mol. The fraction of sp³-hybridized carbons (Fsp3) is 0.667. The van der Waals surface area contributed by atoms with Crippen molar-refractivity contribution in [2.45, 2.75) is 25.6 Å². The highest BCUT2D eigenvalue weighted by Crippen LogP contribution is 2.14. The predicted octanol–water partition coefficient (Wildman–Crippen LogP) is 0.528. The molecule has 13 heavy (non-hydrogen) atoms. The van der Waals surface area contributed by atoms with Crippen LogP contribution in [-0.2, 0) is 9.59 Å². The first kappa shape index (κ1) is 11.7. The number of rotatable bonds is 3. The van der Waals surface area contributed by atoms with E-state index < -0.39 is 24.1 Å². The van der Waals surface area contributed by atoms with E-state index in [9.17, 15) is 22.8 Å². The highest BCUT2D eigenvalue weighted by Gasteiger charge is 2.40. The maximum atomic E-state index is 11.6. The van der Waals surface area contributed by atoms with Gasteiger partial charge in [-0.3, -0.25) is 4.79 Å². The molecule has 0 aliphatic rings. The maximum absolute atomic E-state index is 11.6. The van der Waals surface area contributed by atoms with Crippen LogP contribution in [0.2, 0.25) is 0 Å². The summed E-state index contributed by atoms with van der Waals surface area (Å²) in [6.07, 6.45) is -5.14. The van der Waals surface area contributed by atoms with Crippen molar-refractivity contribution < 1.29 is 27.9 Å². The number of amides is 1. The summed E-state index contributed by atoms with van der Waals surface area (Å²) in [5, 5.41) is 9.65. The normalized spacial score (nSPS) is 13.5. The molecule has 2 N–H and O–H groups in total. The summed E-state index contributed by atoms with van der Waals surface area (Å²) in [7, 11) is 0. The number of aliphatic carboxylic acids is 1. The van der Waals surface area contributed by atoms with Crippen LogP contribution in [0.4, 0.5) is 13.2 Å². The number of hydrogen-bond acceptors (Lipinski definition) is 2. The lowest BCUT2D eigenvalue weighted by Gasteiger charge is -2.13. The molecule has 0 aliphatic carbocycles. The van der Waals surface area contributed by atoms with Gasteiger partial charge in [-0.25, -0.2) is 4.79 Å². The first-order valence-electron chi connectivity index (χ1n) is 3.39. The van der Waals surface area contributed by atoms with Crippen LogP contribution in [0, 0.1) is 0 Å². The number of alkyl halides is 3. The molecule has 0 aromatic carbocycles. The minimum absolute atomic E-state index is 0.100. The van der Waals surface area contributed by atoms with Crippen molar-refractivity contribution in [3.8, 4) is 0 Å². The molecule has 0 radical (unpaired) electrons. The molecule has 0 fully saturated rings. The summed E-state index contributed by atoms with van der Waals surface area (Å²) >= 11 is 0. The minimum atomic E-state index is -5.04. The van der Waals surface area contributed by atoms with Gasteiger partial charge in [0.25, 0.3) is 0 Å². The molecule has 0 saturated heterocycles. The Labute approximate surface area is 71.7 Å². The van der Waals surface area contributed by atoms with Crippen LogP contribution in [0.3, 0.4) is 0 Å². The van der Waals surface area contributed by atoms with Crippen molar-refractivity contribution >= 4 is 11.9 Å². The number of nitrogens with one attached hydrogen (secondary N) is 1. The van der Waals surface area contributed by atoms with E-state index >= 15 is 0 Å². The van der Waals surface area contributed by atoms with Gasteiger partial charge in [-0.1, -0.05) is 6.92 Å². The van der Waals surface area contributed by atoms with Gasteiger partial charge in [-0.05, 0) is 6.42 Å². The van der Waals surface area contributed by atoms with Crippen LogP contribution in [0.5, 0.6) is 0 Å². The Balaban J connectivity index is 4.26. The zero-order valence-electron chi connectivity index (χ0n) is 6.68. The second kappa shape index (κ2) is 4.11. The standard InChI is InChI=1S/C6H8F3NO3/c1-2-3(4(11)12)10-5(13)6(7,8)9/h3H,2H2,1H3,(H,10,13)(H,11,12). The average molecular weight is 199 g/mol. The Morgan fingerprint density at radius 2 is 1.92 bits per heavy atom. The van der Waals surface area contributed by atoms with Gasteiger partial charge in [0.05, 0.1) is 0 Å². The van der Waals surface area contributed by atoms with Gasteiger partial charge >= 0.3 is 18.1 Å². The lowest BCUT2D eigenvalue weighted by atomic mass is 10.2. The molecule has 1 atom stereocenters. The van der Waals surface area contributed by atoms with Crippen molar-refractivity contribution in [3.63, 3.8) is 0 Å². The topological polar surface area (TPSA) is 66.4 Å². The zero-order chi connectivity index (χ0) is 10.6. The van der Waals surface area contributed by atoms with Crippen LogP contribution < -0.4 is 5.32 Å². The maximum Gasteiger partial charge on any atom is 0.471 e. The van der Waals surface area contributed by atoms with Crippen LogP contribution in [-0.4, -0.2) is 29.2 Å². The molecule has 0 aromatic rings.